The number of nitrogens with zero attached hydrogens (tertiary/aromatic N) is 1. The lowest BCUT2D eigenvalue weighted by atomic mass is 10.3. The quantitative estimate of drug-likeness (QED) is 0.660. The van der Waals surface area contributed by atoms with Crippen molar-refractivity contribution in [2.45, 2.75) is 18.9 Å². The number of anilines is 1. The Morgan fingerprint density at radius 3 is 2.88 bits per heavy atom. The van der Waals surface area contributed by atoms with Crippen molar-refractivity contribution in [2.24, 2.45) is 0 Å². The summed E-state index contributed by atoms with van der Waals surface area (Å²) in [7, 11) is -3.43. The topological polar surface area (TPSA) is 104 Å². The van der Waals surface area contributed by atoms with E-state index in [4.69, 9.17) is 0 Å². The van der Waals surface area contributed by atoms with Crippen molar-refractivity contribution >= 4 is 15.8 Å². The van der Waals surface area contributed by atoms with E-state index in [9.17, 15) is 13.2 Å². The summed E-state index contributed by atoms with van der Waals surface area (Å²) >= 11 is 0. The van der Waals surface area contributed by atoms with Gasteiger partial charge < -0.3 is 5.32 Å². The molecule has 0 aliphatic carbocycles. The average molecular weight is 258 g/mol. The fraction of sp³-hybridized carbons (Fsp3) is 0.556. The number of hydrogen-bond acceptors (Lipinski definition) is 5. The summed E-state index contributed by atoms with van der Waals surface area (Å²) in [5.41, 5.74) is -0.370. The van der Waals surface area contributed by atoms with E-state index in [2.05, 4.69) is 20.2 Å². The van der Waals surface area contributed by atoms with Crippen LogP contribution in [0.4, 0.5) is 5.82 Å². The molecule has 2 rings (SSSR count). The van der Waals surface area contributed by atoms with Gasteiger partial charge in [0, 0.05) is 12.1 Å². The number of rotatable bonds is 4. The van der Waals surface area contributed by atoms with Crippen molar-refractivity contribution in [3.05, 3.63) is 22.5 Å². The first kappa shape index (κ1) is 12.1. The number of aromatic nitrogens is 2. The molecule has 2 heterocycles. The number of aromatic amines is 1. The molecule has 1 aliphatic heterocycles. The molecule has 7 nitrogen and oxygen atoms in total. The van der Waals surface area contributed by atoms with Gasteiger partial charge in [0.25, 0.3) is 5.56 Å². The third kappa shape index (κ3) is 3.53. The van der Waals surface area contributed by atoms with Gasteiger partial charge in [-0.15, -0.1) is 0 Å². The molecule has 94 valence electrons. The lowest BCUT2D eigenvalue weighted by molar-refractivity contribution is 0.581. The molecule has 1 unspecified atom stereocenters. The van der Waals surface area contributed by atoms with Gasteiger partial charge in [-0.25, -0.2) is 13.5 Å². The summed E-state index contributed by atoms with van der Waals surface area (Å²) in [5.74, 6) is 0.149. The number of hydrogen-bond donors (Lipinski definition) is 3. The third-order valence-corrected chi connectivity index (χ3v) is 3.88. The predicted molar refractivity (Wildman–Crippen MR) is 63.3 cm³/mol. The van der Waals surface area contributed by atoms with Crippen LogP contribution in [-0.2, 0) is 10.0 Å². The lowest BCUT2D eigenvalue weighted by Crippen LogP contribution is -2.33. The molecule has 3 N–H and O–H groups in total. The second-order valence-corrected chi connectivity index (χ2v) is 5.75. The van der Waals surface area contributed by atoms with E-state index < -0.39 is 10.0 Å². The molecule has 1 aromatic rings. The van der Waals surface area contributed by atoms with Gasteiger partial charge in [0.1, 0.15) is 0 Å². The molecule has 1 fully saturated rings. The molecule has 8 heteroatoms. The molecule has 0 spiro atoms. The minimum absolute atomic E-state index is 0.00439. The maximum absolute atomic E-state index is 11.8. The fourth-order valence-electron chi connectivity index (χ4n) is 1.77. The summed E-state index contributed by atoms with van der Waals surface area (Å²) in [5, 5.41) is 8.87. The zero-order valence-corrected chi connectivity index (χ0v) is 9.96. The number of nitrogens with one attached hydrogen (secondary N) is 3. The van der Waals surface area contributed by atoms with Gasteiger partial charge in [-0.05, 0) is 25.5 Å². The maximum Gasteiger partial charge on any atom is 0.264 e. The summed E-state index contributed by atoms with van der Waals surface area (Å²) in [4.78, 5) is 10.8. The second-order valence-electron chi connectivity index (χ2n) is 3.98. The highest BCUT2D eigenvalue weighted by Crippen LogP contribution is 2.09. The Bertz CT molecular complexity index is 513. The fourth-order valence-corrected chi connectivity index (χ4v) is 3.10. The van der Waals surface area contributed by atoms with Crippen LogP contribution >= 0.6 is 0 Å². The zero-order valence-electron chi connectivity index (χ0n) is 9.14. The molecule has 0 saturated carbocycles. The molecular weight excluding hydrogens is 244 g/mol. The summed E-state index contributed by atoms with van der Waals surface area (Å²) in [6, 6.07) is 2.55. The molecule has 1 saturated heterocycles. The van der Waals surface area contributed by atoms with Crippen LogP contribution in [0.25, 0.3) is 0 Å². The largest absolute Gasteiger partial charge is 0.313 e. The normalized spacial score (nSPS) is 20.4. The minimum atomic E-state index is -3.43. The van der Waals surface area contributed by atoms with Gasteiger partial charge in [-0.1, -0.05) is 0 Å². The van der Waals surface area contributed by atoms with Crippen molar-refractivity contribution in [3.8, 4) is 0 Å². The van der Waals surface area contributed by atoms with E-state index in [1.54, 1.807) is 0 Å². The van der Waals surface area contributed by atoms with Crippen molar-refractivity contribution in [1.29, 1.82) is 0 Å². The zero-order chi connectivity index (χ0) is 12.3. The first-order valence-corrected chi connectivity index (χ1v) is 7.00. The van der Waals surface area contributed by atoms with Crippen LogP contribution in [0.3, 0.4) is 0 Å². The first-order valence-electron chi connectivity index (χ1n) is 5.35. The Kier molecular flexibility index (Phi) is 3.43. The van der Waals surface area contributed by atoms with Crippen LogP contribution in [0, 0.1) is 0 Å². The van der Waals surface area contributed by atoms with Gasteiger partial charge in [-0.2, -0.15) is 5.10 Å². The maximum atomic E-state index is 11.8. The monoisotopic (exact) mass is 258 g/mol. The number of H-pyrrole nitrogens is 1. The van der Waals surface area contributed by atoms with Gasteiger partial charge in [0.2, 0.25) is 10.0 Å². The van der Waals surface area contributed by atoms with Crippen LogP contribution in [0.1, 0.15) is 12.8 Å². The van der Waals surface area contributed by atoms with Crippen LogP contribution in [0.5, 0.6) is 0 Å². The lowest BCUT2D eigenvalue weighted by Gasteiger charge is -2.11. The molecule has 1 aromatic heterocycles. The Morgan fingerprint density at radius 1 is 1.47 bits per heavy atom. The highest BCUT2D eigenvalue weighted by Gasteiger charge is 2.22. The van der Waals surface area contributed by atoms with E-state index >= 15 is 0 Å². The van der Waals surface area contributed by atoms with Crippen LogP contribution in [0.2, 0.25) is 0 Å². The van der Waals surface area contributed by atoms with Gasteiger partial charge in [-0.3, -0.25) is 9.52 Å². The van der Waals surface area contributed by atoms with Gasteiger partial charge in [0.15, 0.2) is 5.82 Å². The minimum Gasteiger partial charge on any atom is -0.313 e. The molecule has 0 aromatic carbocycles. The van der Waals surface area contributed by atoms with Gasteiger partial charge in [0.05, 0.1) is 5.75 Å². The van der Waals surface area contributed by atoms with Crippen molar-refractivity contribution < 1.29 is 8.42 Å². The van der Waals surface area contributed by atoms with E-state index in [1.807, 2.05) is 0 Å². The smallest absolute Gasteiger partial charge is 0.264 e. The van der Waals surface area contributed by atoms with Gasteiger partial charge >= 0.3 is 0 Å². The summed E-state index contributed by atoms with van der Waals surface area (Å²) < 4.78 is 25.8. The van der Waals surface area contributed by atoms with Crippen LogP contribution in [-0.4, -0.2) is 37.0 Å². The van der Waals surface area contributed by atoms with E-state index in [0.29, 0.717) is 0 Å². The Labute approximate surface area is 98.7 Å². The van der Waals surface area contributed by atoms with E-state index in [1.165, 1.54) is 12.1 Å². The second kappa shape index (κ2) is 4.84. The van der Waals surface area contributed by atoms with Crippen LogP contribution < -0.4 is 15.6 Å². The SMILES string of the molecule is O=c1ccc(NS(=O)(=O)CC2CCCN2)n[nH]1. The third-order valence-electron chi connectivity index (χ3n) is 2.52. The highest BCUT2D eigenvalue weighted by atomic mass is 32.2. The van der Waals surface area contributed by atoms with Crippen LogP contribution in [0.15, 0.2) is 16.9 Å². The van der Waals surface area contributed by atoms with Crippen molar-refractivity contribution in [2.75, 3.05) is 17.0 Å². The number of sulfonamides is 1. The Hall–Kier alpha value is -1.41. The predicted octanol–water partition coefficient (Wildman–Crippen LogP) is -0.736. The van der Waals surface area contributed by atoms with Crippen molar-refractivity contribution in [3.63, 3.8) is 0 Å². The molecule has 1 atom stereocenters. The molecule has 0 radical (unpaired) electrons. The Morgan fingerprint density at radius 2 is 2.29 bits per heavy atom. The molecule has 1 aliphatic rings. The van der Waals surface area contributed by atoms with E-state index in [0.717, 1.165) is 19.4 Å². The average Bonchev–Trinajstić information content (AvgIpc) is 2.73. The Balaban J connectivity index is 2.01. The molecular formula is C9H14N4O3S. The highest BCUT2D eigenvalue weighted by molar-refractivity contribution is 7.92. The molecule has 0 bridgehead atoms. The first-order chi connectivity index (χ1) is 8.05. The summed E-state index contributed by atoms with van der Waals surface area (Å²) in [6.07, 6.45) is 1.86. The summed E-state index contributed by atoms with van der Waals surface area (Å²) in [6.45, 7) is 0.858. The van der Waals surface area contributed by atoms with E-state index in [-0.39, 0.29) is 23.2 Å². The van der Waals surface area contributed by atoms with Crippen molar-refractivity contribution in [1.82, 2.24) is 15.5 Å². The molecule has 0 amide bonds. The standard InChI is InChI=1S/C9H14N4O3S/c14-9-4-3-8(11-12-9)13-17(15,16)6-7-2-1-5-10-7/h3-4,7,10H,1-2,5-6H2,(H,11,13)(H,12,14). The molecule has 17 heavy (non-hydrogen) atoms.